The third kappa shape index (κ3) is 6.84. The van der Waals surface area contributed by atoms with Crippen molar-refractivity contribution in [3.8, 4) is 0 Å². The van der Waals surface area contributed by atoms with E-state index in [0.717, 1.165) is 15.6 Å². The number of carbonyl (C=O) groups is 2. The Hall–Kier alpha value is -0.830. The van der Waals surface area contributed by atoms with Gasteiger partial charge in [0, 0.05) is 22.0 Å². The monoisotopic (exact) mass is 517 g/mol. The molecule has 2 aromatic rings. The fourth-order valence-electron chi connectivity index (χ4n) is 2.21. The molecule has 1 aromatic carbocycles. The first-order valence-electron chi connectivity index (χ1n) is 8.12. The fraction of sp³-hybridized carbons (Fsp3) is 0.353. The fourth-order valence-corrected chi connectivity index (χ4v) is 4.23. The number of halogens is 5. The zero-order valence-electron chi connectivity index (χ0n) is 15.4. The van der Waals surface area contributed by atoms with Gasteiger partial charge in [0.2, 0.25) is 0 Å². The highest BCUT2D eigenvalue weighted by Crippen LogP contribution is 2.36. The van der Waals surface area contributed by atoms with Crippen LogP contribution in [0, 0.1) is 0 Å². The van der Waals surface area contributed by atoms with E-state index in [2.05, 4.69) is 4.98 Å². The van der Waals surface area contributed by atoms with Crippen LogP contribution >= 0.6 is 69.8 Å². The third-order valence-electron chi connectivity index (χ3n) is 3.56. The van der Waals surface area contributed by atoms with Gasteiger partial charge >= 0.3 is 6.09 Å². The Labute approximate surface area is 197 Å². The number of hydrogen-bond acceptors (Lipinski definition) is 5. The molecule has 0 fully saturated rings. The van der Waals surface area contributed by atoms with Crippen LogP contribution in [0.15, 0.2) is 28.1 Å². The standard InChI is InChI=1S/C17H16Cl5N3O3S/c1-8(2)13-14(29-11-5-9(18)4-10(19)6-11)25(3)12(23-13)7-28-16(27)24-15(26)17(20,21)22/h4-6,8H,7H2,1-3H3,(H,24,26,27). The second kappa shape index (κ2) is 9.98. The minimum absolute atomic E-state index is 0.104. The zero-order valence-corrected chi connectivity index (χ0v) is 20.0. The maximum absolute atomic E-state index is 11.8. The number of nitrogens with zero attached hydrogens (tertiary/aromatic N) is 2. The molecular weight excluding hydrogens is 504 g/mol. The Morgan fingerprint density at radius 1 is 1.21 bits per heavy atom. The van der Waals surface area contributed by atoms with Crippen LogP contribution in [0.2, 0.25) is 10.0 Å². The maximum Gasteiger partial charge on any atom is 0.414 e. The first kappa shape index (κ1) is 24.4. The molecule has 6 nitrogen and oxygen atoms in total. The molecule has 0 atom stereocenters. The number of alkyl carbamates (subject to hydrolysis) is 1. The van der Waals surface area contributed by atoms with Crippen molar-refractivity contribution < 1.29 is 14.3 Å². The number of nitrogens with one attached hydrogen (secondary N) is 1. The molecule has 2 rings (SSSR count). The SMILES string of the molecule is CC(C)c1nc(COC(=O)NC(=O)C(Cl)(Cl)Cl)n(C)c1Sc1cc(Cl)cc(Cl)c1. The molecule has 29 heavy (non-hydrogen) atoms. The van der Waals surface area contributed by atoms with E-state index in [-0.39, 0.29) is 12.5 Å². The summed E-state index contributed by atoms with van der Waals surface area (Å²) >= 11 is 29.8. The molecule has 158 valence electrons. The summed E-state index contributed by atoms with van der Waals surface area (Å²) in [5, 5.41) is 3.72. The molecule has 0 unspecified atom stereocenters. The first-order valence-corrected chi connectivity index (χ1v) is 10.8. The lowest BCUT2D eigenvalue weighted by atomic mass is 10.2. The van der Waals surface area contributed by atoms with Crippen LogP contribution in [-0.4, -0.2) is 25.3 Å². The predicted molar refractivity (Wildman–Crippen MR) is 116 cm³/mol. The van der Waals surface area contributed by atoms with Gasteiger partial charge in [-0.2, -0.15) is 0 Å². The highest BCUT2D eigenvalue weighted by molar-refractivity contribution is 7.99. The van der Waals surface area contributed by atoms with Gasteiger partial charge in [-0.1, -0.05) is 83.6 Å². The quantitative estimate of drug-likeness (QED) is 0.482. The van der Waals surface area contributed by atoms with Gasteiger partial charge in [-0.05, 0) is 24.1 Å². The van der Waals surface area contributed by atoms with Gasteiger partial charge in [-0.3, -0.25) is 10.1 Å². The lowest BCUT2D eigenvalue weighted by molar-refractivity contribution is -0.119. The number of benzene rings is 1. The van der Waals surface area contributed by atoms with E-state index in [0.29, 0.717) is 15.9 Å². The molecule has 12 heteroatoms. The number of ether oxygens (including phenoxy) is 1. The molecule has 0 saturated heterocycles. The van der Waals surface area contributed by atoms with E-state index in [1.54, 1.807) is 29.8 Å². The highest BCUT2D eigenvalue weighted by Gasteiger charge is 2.32. The van der Waals surface area contributed by atoms with Crippen LogP contribution in [0.5, 0.6) is 0 Å². The average Bonchev–Trinajstić information content (AvgIpc) is 2.87. The van der Waals surface area contributed by atoms with Gasteiger partial charge in [0.25, 0.3) is 9.70 Å². The summed E-state index contributed by atoms with van der Waals surface area (Å²) in [5.41, 5.74) is 0.810. The molecular formula is C17H16Cl5N3O3S. The predicted octanol–water partition coefficient (Wildman–Crippen LogP) is 6.12. The number of imidazole rings is 1. The molecule has 0 saturated carbocycles. The summed E-state index contributed by atoms with van der Waals surface area (Å²) in [6, 6.07) is 5.23. The number of hydrogen-bond donors (Lipinski definition) is 1. The van der Waals surface area contributed by atoms with Crippen LogP contribution in [0.4, 0.5) is 4.79 Å². The molecule has 1 aromatic heterocycles. The van der Waals surface area contributed by atoms with E-state index < -0.39 is 15.8 Å². The van der Waals surface area contributed by atoms with E-state index in [1.807, 2.05) is 19.2 Å². The molecule has 0 bridgehead atoms. The topological polar surface area (TPSA) is 73.2 Å². The summed E-state index contributed by atoms with van der Waals surface area (Å²) in [5.74, 6) is -0.531. The second-order valence-corrected chi connectivity index (χ2v) is 10.4. The molecule has 0 radical (unpaired) electrons. The summed E-state index contributed by atoms with van der Waals surface area (Å²) in [7, 11) is 1.79. The number of aromatic nitrogens is 2. The van der Waals surface area contributed by atoms with Crippen molar-refractivity contribution in [1.82, 2.24) is 14.9 Å². The van der Waals surface area contributed by atoms with Gasteiger partial charge in [-0.15, -0.1) is 0 Å². The van der Waals surface area contributed by atoms with Gasteiger partial charge < -0.3 is 9.30 Å². The van der Waals surface area contributed by atoms with E-state index in [4.69, 9.17) is 62.7 Å². The Balaban J connectivity index is 2.19. The largest absolute Gasteiger partial charge is 0.441 e. The molecule has 0 spiro atoms. The summed E-state index contributed by atoms with van der Waals surface area (Å²) in [6.07, 6.45) is -1.05. The Morgan fingerprint density at radius 2 is 1.79 bits per heavy atom. The summed E-state index contributed by atoms with van der Waals surface area (Å²) < 4.78 is 4.55. The lowest BCUT2D eigenvalue weighted by Crippen LogP contribution is -2.39. The molecule has 1 N–H and O–H groups in total. The van der Waals surface area contributed by atoms with Gasteiger partial charge in [0.15, 0.2) is 6.61 Å². The highest BCUT2D eigenvalue weighted by atomic mass is 35.6. The van der Waals surface area contributed by atoms with E-state index >= 15 is 0 Å². The Bertz CT molecular complexity index is 908. The zero-order chi connectivity index (χ0) is 21.9. The van der Waals surface area contributed by atoms with Crippen molar-refractivity contribution in [1.29, 1.82) is 0 Å². The number of rotatable bonds is 5. The Morgan fingerprint density at radius 3 is 2.31 bits per heavy atom. The Kier molecular flexibility index (Phi) is 8.41. The maximum atomic E-state index is 11.8. The van der Waals surface area contributed by atoms with Crippen molar-refractivity contribution in [2.45, 2.75) is 40.1 Å². The normalized spacial score (nSPS) is 11.6. The number of carbonyl (C=O) groups excluding carboxylic acids is 2. The van der Waals surface area contributed by atoms with Gasteiger partial charge in [-0.25, -0.2) is 9.78 Å². The number of amides is 2. The smallest absolute Gasteiger partial charge is 0.414 e. The van der Waals surface area contributed by atoms with E-state index in [9.17, 15) is 9.59 Å². The van der Waals surface area contributed by atoms with Crippen molar-refractivity contribution in [3.63, 3.8) is 0 Å². The summed E-state index contributed by atoms with van der Waals surface area (Å²) in [6.45, 7) is 3.80. The van der Waals surface area contributed by atoms with Crippen LogP contribution in [0.25, 0.3) is 0 Å². The lowest BCUT2D eigenvalue weighted by Gasteiger charge is -2.11. The molecule has 1 heterocycles. The van der Waals surface area contributed by atoms with Gasteiger partial charge in [0.1, 0.15) is 10.9 Å². The van der Waals surface area contributed by atoms with Crippen molar-refractivity contribution in [2.24, 2.45) is 7.05 Å². The van der Waals surface area contributed by atoms with Crippen LogP contribution in [0.1, 0.15) is 31.3 Å². The summed E-state index contributed by atoms with van der Waals surface area (Å²) in [4.78, 5) is 28.7. The van der Waals surface area contributed by atoms with Crippen molar-refractivity contribution >= 4 is 81.8 Å². The van der Waals surface area contributed by atoms with Crippen LogP contribution in [-0.2, 0) is 23.2 Å². The average molecular weight is 520 g/mol. The molecule has 0 aliphatic rings. The molecule has 2 amide bonds. The first-order chi connectivity index (χ1) is 13.4. The molecule has 0 aliphatic heterocycles. The van der Waals surface area contributed by atoms with E-state index in [1.165, 1.54) is 11.8 Å². The van der Waals surface area contributed by atoms with Crippen molar-refractivity contribution in [2.75, 3.05) is 0 Å². The second-order valence-electron chi connectivity index (χ2n) is 6.17. The minimum atomic E-state index is -2.27. The third-order valence-corrected chi connectivity index (χ3v) is 5.66. The minimum Gasteiger partial charge on any atom is -0.441 e. The van der Waals surface area contributed by atoms with Crippen LogP contribution in [0.3, 0.4) is 0 Å². The van der Waals surface area contributed by atoms with Crippen molar-refractivity contribution in [3.05, 3.63) is 39.8 Å². The van der Waals surface area contributed by atoms with Crippen LogP contribution < -0.4 is 5.32 Å². The van der Waals surface area contributed by atoms with Gasteiger partial charge in [0.05, 0.1) is 5.69 Å². The number of alkyl halides is 3. The molecule has 0 aliphatic carbocycles. The number of imide groups is 1.